The van der Waals surface area contributed by atoms with Crippen LogP contribution in [0.4, 0.5) is 10.1 Å². The fourth-order valence-corrected chi connectivity index (χ4v) is 3.60. The largest absolute Gasteiger partial charge is 0.379 e. The molecule has 2 saturated heterocycles. The van der Waals surface area contributed by atoms with Crippen LogP contribution < -0.4 is 10.2 Å². The van der Waals surface area contributed by atoms with E-state index in [1.165, 1.54) is 6.07 Å². The molecule has 0 aliphatic carbocycles. The van der Waals surface area contributed by atoms with Crippen LogP contribution in [0.15, 0.2) is 29.3 Å². The van der Waals surface area contributed by atoms with Gasteiger partial charge in [-0.15, -0.1) is 0 Å². The van der Waals surface area contributed by atoms with Gasteiger partial charge in [0.2, 0.25) is 0 Å². The summed E-state index contributed by atoms with van der Waals surface area (Å²) in [7, 11) is 0. The molecule has 0 unspecified atom stereocenters. The second kappa shape index (κ2) is 10.5. The van der Waals surface area contributed by atoms with Crippen LogP contribution in [0.5, 0.6) is 0 Å². The topological polar surface area (TPSA) is 43.3 Å². The van der Waals surface area contributed by atoms with Gasteiger partial charge in [0.25, 0.3) is 0 Å². The normalized spacial score (nSPS) is 19.4. The number of guanidine groups is 1. The lowest BCUT2D eigenvalue weighted by Gasteiger charge is -2.37. The number of nitrogens with zero attached hydrogens (tertiary/aromatic N) is 4. The Balaban J connectivity index is 1.47. The summed E-state index contributed by atoms with van der Waals surface area (Å²) in [5, 5.41) is 3.41. The molecule has 0 saturated carbocycles. The van der Waals surface area contributed by atoms with Crippen molar-refractivity contribution in [3.05, 3.63) is 30.1 Å². The second-order valence-corrected chi connectivity index (χ2v) is 6.97. The summed E-state index contributed by atoms with van der Waals surface area (Å²) in [6.07, 6.45) is 1.06. The van der Waals surface area contributed by atoms with Crippen LogP contribution in [0, 0.1) is 5.82 Å². The molecule has 1 aromatic rings. The van der Waals surface area contributed by atoms with Gasteiger partial charge in [0, 0.05) is 58.9 Å². The maximum Gasteiger partial charge on any atom is 0.194 e. The van der Waals surface area contributed by atoms with Crippen molar-refractivity contribution in [2.75, 3.05) is 77.0 Å². The van der Waals surface area contributed by atoms with Gasteiger partial charge in [0.15, 0.2) is 5.96 Å². The molecule has 6 nitrogen and oxygen atoms in total. The first kappa shape index (κ1) is 19.9. The minimum absolute atomic E-state index is 0.144. The minimum Gasteiger partial charge on any atom is -0.379 e. The average Bonchev–Trinajstić information content (AvgIpc) is 2.72. The molecule has 0 atom stereocenters. The highest BCUT2D eigenvalue weighted by Gasteiger charge is 2.21. The molecule has 150 valence electrons. The van der Waals surface area contributed by atoms with Crippen molar-refractivity contribution in [3.8, 4) is 0 Å². The molecular formula is C20H32FN5O. The predicted molar refractivity (Wildman–Crippen MR) is 108 cm³/mol. The number of para-hydroxylation sites is 1. The molecule has 27 heavy (non-hydrogen) atoms. The highest BCUT2D eigenvalue weighted by molar-refractivity contribution is 5.80. The third-order valence-corrected chi connectivity index (χ3v) is 5.10. The number of nitrogens with one attached hydrogen (secondary N) is 1. The summed E-state index contributed by atoms with van der Waals surface area (Å²) in [5.74, 6) is 0.835. The number of morpholine rings is 1. The molecule has 1 aromatic carbocycles. The molecule has 2 heterocycles. The zero-order chi connectivity index (χ0) is 18.9. The van der Waals surface area contributed by atoms with E-state index in [2.05, 4.69) is 26.9 Å². The molecule has 0 bridgehead atoms. The number of halogens is 1. The molecular weight excluding hydrogens is 345 g/mol. The Morgan fingerprint density at radius 2 is 1.85 bits per heavy atom. The second-order valence-electron chi connectivity index (χ2n) is 6.97. The quantitative estimate of drug-likeness (QED) is 0.464. The van der Waals surface area contributed by atoms with Gasteiger partial charge in [-0.3, -0.25) is 9.89 Å². The van der Waals surface area contributed by atoms with Crippen molar-refractivity contribution < 1.29 is 9.13 Å². The van der Waals surface area contributed by atoms with E-state index in [1.807, 2.05) is 12.1 Å². The lowest BCUT2D eigenvalue weighted by molar-refractivity contribution is 0.0377. The van der Waals surface area contributed by atoms with Gasteiger partial charge in [0.1, 0.15) is 5.82 Å². The van der Waals surface area contributed by atoms with Crippen LogP contribution in [0.2, 0.25) is 0 Å². The summed E-state index contributed by atoms with van der Waals surface area (Å²) in [4.78, 5) is 11.7. The fourth-order valence-electron chi connectivity index (χ4n) is 3.60. The van der Waals surface area contributed by atoms with E-state index in [1.54, 1.807) is 6.07 Å². The first-order chi connectivity index (χ1) is 13.3. The molecule has 7 heteroatoms. The predicted octanol–water partition coefficient (Wildman–Crippen LogP) is 1.64. The fraction of sp³-hybridized carbons (Fsp3) is 0.650. The summed E-state index contributed by atoms with van der Waals surface area (Å²) in [6, 6.07) is 7.02. The first-order valence-corrected chi connectivity index (χ1v) is 10.1. The zero-order valence-corrected chi connectivity index (χ0v) is 16.4. The lowest BCUT2D eigenvalue weighted by atomic mass is 10.2. The Kier molecular flexibility index (Phi) is 7.71. The molecule has 0 radical (unpaired) electrons. The number of benzene rings is 1. The molecule has 2 aliphatic heterocycles. The number of aliphatic imine (C=N–C) groups is 1. The third-order valence-electron chi connectivity index (χ3n) is 5.10. The molecule has 1 N–H and O–H groups in total. The van der Waals surface area contributed by atoms with Gasteiger partial charge in [-0.25, -0.2) is 4.39 Å². The number of ether oxygens (including phenoxy) is 1. The molecule has 3 rings (SSSR count). The van der Waals surface area contributed by atoms with Crippen molar-refractivity contribution in [2.45, 2.75) is 13.3 Å². The van der Waals surface area contributed by atoms with Crippen LogP contribution >= 0.6 is 0 Å². The Hall–Kier alpha value is -1.86. The van der Waals surface area contributed by atoms with Gasteiger partial charge < -0.3 is 19.9 Å². The highest BCUT2D eigenvalue weighted by atomic mass is 19.1. The van der Waals surface area contributed by atoms with Crippen molar-refractivity contribution in [1.82, 2.24) is 15.1 Å². The molecule has 2 fully saturated rings. The first-order valence-electron chi connectivity index (χ1n) is 10.1. The van der Waals surface area contributed by atoms with E-state index in [9.17, 15) is 4.39 Å². The van der Waals surface area contributed by atoms with E-state index in [-0.39, 0.29) is 5.82 Å². The van der Waals surface area contributed by atoms with Crippen LogP contribution in [0.3, 0.4) is 0 Å². The average molecular weight is 378 g/mol. The van der Waals surface area contributed by atoms with Crippen molar-refractivity contribution in [2.24, 2.45) is 4.99 Å². The number of hydrogen-bond donors (Lipinski definition) is 1. The number of piperazine rings is 1. The third kappa shape index (κ3) is 5.81. The summed E-state index contributed by atoms with van der Waals surface area (Å²) in [5.41, 5.74) is 0.699. The lowest BCUT2D eigenvalue weighted by Crippen LogP contribution is -2.52. The van der Waals surface area contributed by atoms with Gasteiger partial charge >= 0.3 is 0 Å². The Labute approximate surface area is 162 Å². The summed E-state index contributed by atoms with van der Waals surface area (Å²) >= 11 is 0. The Morgan fingerprint density at radius 3 is 2.56 bits per heavy atom. The highest BCUT2D eigenvalue weighted by Crippen LogP contribution is 2.20. The van der Waals surface area contributed by atoms with Gasteiger partial charge in [-0.2, -0.15) is 0 Å². The Bertz CT molecular complexity index is 598. The van der Waals surface area contributed by atoms with Crippen LogP contribution in [-0.2, 0) is 4.74 Å². The van der Waals surface area contributed by atoms with Crippen molar-refractivity contribution in [3.63, 3.8) is 0 Å². The molecule has 0 aromatic heterocycles. The van der Waals surface area contributed by atoms with Gasteiger partial charge in [0.05, 0.1) is 18.9 Å². The van der Waals surface area contributed by atoms with Crippen molar-refractivity contribution >= 4 is 11.6 Å². The van der Waals surface area contributed by atoms with Gasteiger partial charge in [-0.1, -0.05) is 12.1 Å². The molecule has 0 spiro atoms. The smallest absolute Gasteiger partial charge is 0.194 e. The Morgan fingerprint density at radius 1 is 1.11 bits per heavy atom. The van der Waals surface area contributed by atoms with E-state index in [0.717, 1.165) is 84.5 Å². The molecule has 2 aliphatic rings. The zero-order valence-electron chi connectivity index (χ0n) is 16.4. The maximum atomic E-state index is 14.0. The van der Waals surface area contributed by atoms with E-state index in [4.69, 9.17) is 9.73 Å². The van der Waals surface area contributed by atoms with E-state index < -0.39 is 0 Å². The maximum absolute atomic E-state index is 14.0. The summed E-state index contributed by atoms with van der Waals surface area (Å²) < 4.78 is 19.4. The standard InChI is InChI=1S/C20H32FN5O/c1-2-22-20(23-8-5-9-24-14-16-27-17-15-24)26-12-10-25(11-13-26)19-7-4-3-6-18(19)21/h3-4,6-7H,2,5,8-17H2,1H3,(H,22,23). The van der Waals surface area contributed by atoms with E-state index >= 15 is 0 Å². The summed E-state index contributed by atoms with van der Waals surface area (Å²) in [6.45, 7) is 11.9. The number of rotatable bonds is 6. The van der Waals surface area contributed by atoms with Gasteiger partial charge in [-0.05, 0) is 25.5 Å². The van der Waals surface area contributed by atoms with Crippen molar-refractivity contribution in [1.29, 1.82) is 0 Å². The van der Waals surface area contributed by atoms with Crippen LogP contribution in [0.25, 0.3) is 0 Å². The minimum atomic E-state index is -0.144. The monoisotopic (exact) mass is 377 g/mol. The number of anilines is 1. The number of hydrogen-bond acceptors (Lipinski definition) is 4. The molecule has 0 amide bonds. The van der Waals surface area contributed by atoms with Crippen LogP contribution in [-0.4, -0.2) is 87.9 Å². The van der Waals surface area contributed by atoms with E-state index in [0.29, 0.717) is 5.69 Å². The SMILES string of the molecule is CCNC(=NCCCN1CCOCC1)N1CCN(c2ccccc2F)CC1. The van der Waals surface area contributed by atoms with Crippen LogP contribution in [0.1, 0.15) is 13.3 Å².